The van der Waals surface area contributed by atoms with Crippen LogP contribution < -0.4 is 4.74 Å². The molecule has 6 nitrogen and oxygen atoms in total. The van der Waals surface area contributed by atoms with Gasteiger partial charge in [0.05, 0.1) is 5.69 Å². The van der Waals surface area contributed by atoms with Crippen molar-refractivity contribution < 1.29 is 14.3 Å². The lowest BCUT2D eigenvalue weighted by atomic mass is 9.89. The topological polar surface area (TPSA) is 72.4 Å². The highest BCUT2D eigenvalue weighted by Gasteiger charge is 2.28. The summed E-state index contributed by atoms with van der Waals surface area (Å²) in [5.41, 5.74) is 1.46. The van der Waals surface area contributed by atoms with Crippen molar-refractivity contribution >= 4 is 11.7 Å². The van der Waals surface area contributed by atoms with Crippen molar-refractivity contribution in [3.63, 3.8) is 0 Å². The monoisotopic (exact) mass is 415 g/mol. The number of carbonyl (C=O) groups excluding carboxylic acids is 2. The lowest BCUT2D eigenvalue weighted by Crippen LogP contribution is -2.42. The van der Waals surface area contributed by atoms with Gasteiger partial charge in [-0.2, -0.15) is 0 Å². The Kier molecular flexibility index (Phi) is 6.67. The third-order valence-electron chi connectivity index (χ3n) is 5.47. The van der Waals surface area contributed by atoms with Crippen LogP contribution in [0.25, 0.3) is 0 Å². The van der Waals surface area contributed by atoms with Crippen LogP contribution >= 0.6 is 0 Å². The van der Waals surface area contributed by atoms with Crippen LogP contribution in [-0.4, -0.2) is 39.6 Å². The molecule has 31 heavy (non-hydrogen) atoms. The molecule has 3 aromatic rings. The summed E-state index contributed by atoms with van der Waals surface area (Å²) in [6, 6.07) is 16.8. The molecule has 0 saturated carbocycles. The minimum absolute atomic E-state index is 0.0646. The Balaban J connectivity index is 1.33. The smallest absolute Gasteiger partial charge is 0.222 e. The Labute approximate surface area is 181 Å². The van der Waals surface area contributed by atoms with Gasteiger partial charge in [0.15, 0.2) is 5.78 Å². The van der Waals surface area contributed by atoms with Crippen LogP contribution in [-0.2, 0) is 11.2 Å². The molecule has 1 fully saturated rings. The first-order valence-corrected chi connectivity index (χ1v) is 10.6. The zero-order chi connectivity index (χ0) is 21.5. The van der Waals surface area contributed by atoms with Crippen LogP contribution in [0, 0.1) is 5.92 Å². The van der Waals surface area contributed by atoms with Crippen molar-refractivity contribution in [2.45, 2.75) is 25.7 Å². The highest BCUT2D eigenvalue weighted by atomic mass is 16.5. The summed E-state index contributed by atoms with van der Waals surface area (Å²) in [4.78, 5) is 35.7. The van der Waals surface area contributed by atoms with E-state index in [1.807, 2.05) is 47.4 Å². The summed E-state index contributed by atoms with van der Waals surface area (Å²) < 4.78 is 5.80. The van der Waals surface area contributed by atoms with Crippen LogP contribution in [0.2, 0.25) is 0 Å². The summed E-state index contributed by atoms with van der Waals surface area (Å²) in [5, 5.41) is 0. The first-order chi connectivity index (χ1) is 15.2. The van der Waals surface area contributed by atoms with Crippen LogP contribution in [0.1, 0.15) is 35.3 Å². The van der Waals surface area contributed by atoms with Gasteiger partial charge in [0.25, 0.3) is 0 Å². The number of aryl methyl sites for hydroxylation is 1. The van der Waals surface area contributed by atoms with E-state index in [0.717, 1.165) is 24.3 Å². The number of ether oxygens (including phenoxy) is 1. The summed E-state index contributed by atoms with van der Waals surface area (Å²) in [7, 11) is 0. The van der Waals surface area contributed by atoms with Crippen LogP contribution in [0.4, 0.5) is 0 Å². The Bertz CT molecular complexity index is 1010. The van der Waals surface area contributed by atoms with Crippen molar-refractivity contribution in [2.24, 2.45) is 5.92 Å². The van der Waals surface area contributed by atoms with Gasteiger partial charge in [-0.3, -0.25) is 19.6 Å². The van der Waals surface area contributed by atoms with Gasteiger partial charge in [0.1, 0.15) is 11.5 Å². The number of amides is 1. The molecule has 0 N–H and O–H groups in total. The molecule has 1 unspecified atom stereocenters. The van der Waals surface area contributed by atoms with E-state index >= 15 is 0 Å². The van der Waals surface area contributed by atoms with E-state index < -0.39 is 0 Å². The van der Waals surface area contributed by atoms with Gasteiger partial charge in [0.2, 0.25) is 5.91 Å². The Hall–Kier alpha value is -3.54. The summed E-state index contributed by atoms with van der Waals surface area (Å²) in [6.45, 7) is 1.17. The number of hydrogen-bond acceptors (Lipinski definition) is 5. The van der Waals surface area contributed by atoms with Crippen molar-refractivity contribution in [2.75, 3.05) is 13.1 Å². The predicted molar refractivity (Wildman–Crippen MR) is 117 cm³/mol. The molecule has 0 aliphatic carbocycles. The van der Waals surface area contributed by atoms with Gasteiger partial charge in [-0.15, -0.1) is 0 Å². The largest absolute Gasteiger partial charge is 0.457 e. The number of carbonyl (C=O) groups is 2. The molecule has 1 aliphatic heterocycles. The fraction of sp³-hybridized carbons (Fsp3) is 0.280. The number of rotatable bonds is 7. The van der Waals surface area contributed by atoms with Gasteiger partial charge in [-0.05, 0) is 55.7 Å². The lowest BCUT2D eigenvalue weighted by molar-refractivity contribution is -0.132. The first kappa shape index (κ1) is 20.7. The fourth-order valence-electron chi connectivity index (χ4n) is 3.82. The maximum atomic E-state index is 13.0. The number of nitrogens with zero attached hydrogens (tertiary/aromatic N) is 3. The lowest BCUT2D eigenvalue weighted by Gasteiger charge is -2.32. The fourth-order valence-corrected chi connectivity index (χ4v) is 3.82. The SMILES string of the molecule is O=C(c1ccc(Oc2ccccc2)cc1)C1CCCN(C(=O)CCc2cnccn2)C1. The van der Waals surface area contributed by atoms with E-state index in [2.05, 4.69) is 9.97 Å². The number of piperidine rings is 1. The Morgan fingerprint density at radius 2 is 1.77 bits per heavy atom. The molecule has 2 aromatic carbocycles. The molecule has 1 atom stereocenters. The van der Waals surface area contributed by atoms with Crippen LogP contribution in [0.15, 0.2) is 73.2 Å². The molecule has 1 aromatic heterocycles. The zero-order valence-corrected chi connectivity index (χ0v) is 17.3. The van der Waals surface area contributed by atoms with Gasteiger partial charge in [-0.1, -0.05) is 18.2 Å². The number of likely N-dealkylation sites (tertiary alicyclic amines) is 1. The number of benzene rings is 2. The Morgan fingerprint density at radius 1 is 1.00 bits per heavy atom. The molecule has 0 spiro atoms. The third-order valence-corrected chi connectivity index (χ3v) is 5.47. The van der Waals surface area contributed by atoms with Crippen LogP contribution in [0.3, 0.4) is 0 Å². The second-order valence-corrected chi connectivity index (χ2v) is 7.68. The standard InChI is InChI=1S/C25H25N3O3/c29-24(13-10-21-17-26-14-15-27-21)28-16-4-5-20(18-28)25(30)19-8-11-23(12-9-19)31-22-6-2-1-3-7-22/h1-3,6-9,11-12,14-15,17,20H,4-5,10,13,16,18H2. The first-order valence-electron chi connectivity index (χ1n) is 10.6. The van der Waals surface area contributed by atoms with Gasteiger partial charge in [0, 0.05) is 49.6 Å². The van der Waals surface area contributed by atoms with E-state index in [-0.39, 0.29) is 17.6 Å². The third kappa shape index (κ3) is 5.54. The average Bonchev–Trinajstić information content (AvgIpc) is 2.84. The number of Topliss-reactive ketones (excluding diaryl/α,β-unsaturated/α-hetero) is 1. The molecule has 1 saturated heterocycles. The van der Waals surface area contributed by atoms with Gasteiger partial charge >= 0.3 is 0 Å². The molecule has 4 rings (SSSR count). The van der Waals surface area contributed by atoms with Crippen molar-refractivity contribution in [1.29, 1.82) is 0 Å². The van der Waals surface area contributed by atoms with E-state index in [1.54, 1.807) is 30.7 Å². The molecule has 1 amide bonds. The second kappa shape index (κ2) is 9.98. The van der Waals surface area contributed by atoms with E-state index in [1.165, 1.54) is 0 Å². The van der Waals surface area contributed by atoms with Crippen molar-refractivity contribution in [3.05, 3.63) is 84.4 Å². The quantitative estimate of drug-likeness (QED) is 0.537. The van der Waals surface area contributed by atoms with Crippen molar-refractivity contribution in [3.8, 4) is 11.5 Å². The summed E-state index contributed by atoms with van der Waals surface area (Å²) >= 11 is 0. The second-order valence-electron chi connectivity index (χ2n) is 7.68. The zero-order valence-electron chi connectivity index (χ0n) is 17.3. The van der Waals surface area contributed by atoms with E-state index in [4.69, 9.17) is 4.74 Å². The maximum absolute atomic E-state index is 13.0. The molecular formula is C25H25N3O3. The van der Waals surface area contributed by atoms with Crippen LogP contribution in [0.5, 0.6) is 11.5 Å². The number of hydrogen-bond donors (Lipinski definition) is 0. The van der Waals surface area contributed by atoms with Gasteiger partial charge < -0.3 is 9.64 Å². The van der Waals surface area contributed by atoms with Crippen molar-refractivity contribution in [1.82, 2.24) is 14.9 Å². The average molecular weight is 415 g/mol. The predicted octanol–water partition coefficient (Wildman–Crippen LogP) is 4.32. The highest BCUT2D eigenvalue weighted by molar-refractivity contribution is 5.98. The number of para-hydroxylation sites is 1. The minimum atomic E-state index is -0.171. The molecule has 2 heterocycles. The molecule has 1 aliphatic rings. The Morgan fingerprint density at radius 3 is 2.52 bits per heavy atom. The summed E-state index contributed by atoms with van der Waals surface area (Å²) in [5.74, 6) is 1.42. The number of aromatic nitrogens is 2. The number of ketones is 1. The normalized spacial score (nSPS) is 16.0. The molecular weight excluding hydrogens is 390 g/mol. The summed E-state index contributed by atoms with van der Waals surface area (Å²) in [6.07, 6.45) is 7.51. The van der Waals surface area contributed by atoms with Gasteiger partial charge in [-0.25, -0.2) is 0 Å². The molecule has 158 valence electrons. The van der Waals surface area contributed by atoms with E-state index in [0.29, 0.717) is 37.2 Å². The molecule has 0 bridgehead atoms. The minimum Gasteiger partial charge on any atom is -0.457 e. The molecule has 0 radical (unpaired) electrons. The molecule has 6 heteroatoms. The van der Waals surface area contributed by atoms with E-state index in [9.17, 15) is 9.59 Å². The maximum Gasteiger partial charge on any atom is 0.222 e. The highest BCUT2D eigenvalue weighted by Crippen LogP contribution is 2.25.